The molecule has 1 fully saturated rings. The third-order valence-corrected chi connectivity index (χ3v) is 6.78. The van der Waals surface area contributed by atoms with Crippen molar-refractivity contribution in [3.63, 3.8) is 0 Å². The second-order valence-electron chi connectivity index (χ2n) is 8.18. The maximum absolute atomic E-state index is 13.1. The van der Waals surface area contributed by atoms with E-state index in [0.29, 0.717) is 18.7 Å². The molecule has 2 aromatic rings. The van der Waals surface area contributed by atoms with Crippen LogP contribution in [0.2, 0.25) is 0 Å². The summed E-state index contributed by atoms with van der Waals surface area (Å²) < 4.78 is 31.0. The zero-order chi connectivity index (χ0) is 25.6. The summed E-state index contributed by atoms with van der Waals surface area (Å²) in [7, 11) is -2.75. The number of likely N-dealkylation sites (tertiary alicyclic amines) is 1. The van der Waals surface area contributed by atoms with Crippen LogP contribution < -0.4 is 14.4 Å². The molecule has 0 saturated carbocycles. The van der Waals surface area contributed by atoms with Crippen LogP contribution in [0, 0.1) is 10.1 Å². The standard InChI is InChI=1S/C23H28N4O7S/c1-34-21-12-11-17(27(30)31)15-20(21)26(35(2,32)33)16-22(28)24-19-10-6-5-9-18(19)23(29)25-13-7-3-4-8-14-25/h5-6,9-12,15H,3-4,7-8,13-14,16H2,1-2H3,(H,24,28). The number of amides is 2. The van der Waals surface area contributed by atoms with Gasteiger partial charge in [0.15, 0.2) is 0 Å². The van der Waals surface area contributed by atoms with Crippen LogP contribution in [0.15, 0.2) is 42.5 Å². The Morgan fingerprint density at radius 3 is 2.37 bits per heavy atom. The number of carbonyl (C=O) groups is 2. The molecule has 1 heterocycles. The van der Waals surface area contributed by atoms with Gasteiger partial charge in [-0.15, -0.1) is 0 Å². The molecular weight excluding hydrogens is 476 g/mol. The molecule has 188 valence electrons. The zero-order valence-corrected chi connectivity index (χ0v) is 20.4. The Balaban J connectivity index is 1.87. The largest absolute Gasteiger partial charge is 0.495 e. The minimum absolute atomic E-state index is 0.0468. The highest BCUT2D eigenvalue weighted by molar-refractivity contribution is 7.92. The van der Waals surface area contributed by atoms with Gasteiger partial charge in [-0.1, -0.05) is 25.0 Å². The molecule has 1 N–H and O–H groups in total. The van der Waals surface area contributed by atoms with Crippen molar-refractivity contribution in [3.8, 4) is 5.75 Å². The van der Waals surface area contributed by atoms with Crippen molar-refractivity contribution in [2.24, 2.45) is 0 Å². The summed E-state index contributed by atoms with van der Waals surface area (Å²) in [6.45, 7) is 0.591. The number of carbonyl (C=O) groups excluding carboxylic acids is 2. The predicted molar refractivity (Wildman–Crippen MR) is 131 cm³/mol. The molecule has 3 rings (SSSR count). The van der Waals surface area contributed by atoms with Crippen molar-refractivity contribution in [2.45, 2.75) is 25.7 Å². The summed E-state index contributed by atoms with van der Waals surface area (Å²) in [4.78, 5) is 38.4. The van der Waals surface area contributed by atoms with E-state index in [9.17, 15) is 28.1 Å². The molecule has 2 aromatic carbocycles. The van der Waals surface area contributed by atoms with Crippen LogP contribution in [-0.2, 0) is 14.8 Å². The van der Waals surface area contributed by atoms with Gasteiger partial charge >= 0.3 is 0 Å². The van der Waals surface area contributed by atoms with Gasteiger partial charge in [0.2, 0.25) is 15.9 Å². The first-order valence-corrected chi connectivity index (χ1v) is 12.9. The Labute approximate surface area is 203 Å². The van der Waals surface area contributed by atoms with Crippen LogP contribution >= 0.6 is 0 Å². The number of non-ortho nitro benzene ring substituents is 1. The molecular formula is C23H28N4O7S. The van der Waals surface area contributed by atoms with Crippen LogP contribution in [0.3, 0.4) is 0 Å². The van der Waals surface area contributed by atoms with Gasteiger partial charge in [-0.2, -0.15) is 0 Å². The zero-order valence-electron chi connectivity index (χ0n) is 19.6. The summed E-state index contributed by atoms with van der Waals surface area (Å²) in [6.07, 6.45) is 4.83. The molecule has 0 spiro atoms. The van der Waals surface area contributed by atoms with E-state index < -0.39 is 27.4 Å². The van der Waals surface area contributed by atoms with Gasteiger partial charge in [0, 0.05) is 25.2 Å². The average Bonchev–Trinajstić information content (AvgIpc) is 3.11. The van der Waals surface area contributed by atoms with Crippen molar-refractivity contribution >= 4 is 38.9 Å². The number of nitro groups is 1. The number of benzene rings is 2. The van der Waals surface area contributed by atoms with Crippen LogP contribution in [0.4, 0.5) is 17.1 Å². The minimum Gasteiger partial charge on any atom is -0.495 e. The molecule has 0 aromatic heterocycles. The average molecular weight is 505 g/mol. The lowest BCUT2D eigenvalue weighted by Crippen LogP contribution is -2.38. The maximum atomic E-state index is 13.1. The van der Waals surface area contributed by atoms with Crippen molar-refractivity contribution in [1.82, 2.24) is 4.90 Å². The number of nitro benzene ring substituents is 1. The molecule has 0 radical (unpaired) electrons. The van der Waals surface area contributed by atoms with E-state index in [1.807, 2.05) is 0 Å². The Bertz CT molecular complexity index is 1210. The maximum Gasteiger partial charge on any atom is 0.271 e. The number of nitrogens with zero attached hydrogens (tertiary/aromatic N) is 3. The third kappa shape index (κ3) is 6.47. The van der Waals surface area contributed by atoms with E-state index in [-0.39, 0.29) is 28.7 Å². The van der Waals surface area contributed by atoms with Gasteiger partial charge in [0.25, 0.3) is 11.6 Å². The Morgan fingerprint density at radius 2 is 1.77 bits per heavy atom. The SMILES string of the molecule is COc1ccc([N+](=O)[O-])cc1N(CC(=O)Nc1ccccc1C(=O)N1CCCCCC1)S(C)(=O)=O. The van der Waals surface area contributed by atoms with E-state index >= 15 is 0 Å². The van der Waals surface area contributed by atoms with Crippen molar-refractivity contribution in [2.75, 3.05) is 42.6 Å². The highest BCUT2D eigenvalue weighted by atomic mass is 32.2. The second-order valence-corrected chi connectivity index (χ2v) is 10.1. The molecule has 12 heteroatoms. The molecule has 1 saturated heterocycles. The van der Waals surface area contributed by atoms with Crippen LogP contribution in [0.1, 0.15) is 36.0 Å². The van der Waals surface area contributed by atoms with E-state index in [0.717, 1.165) is 42.3 Å². The van der Waals surface area contributed by atoms with Crippen molar-refractivity contribution in [1.29, 1.82) is 0 Å². The fourth-order valence-corrected chi connectivity index (χ4v) is 4.76. The summed E-state index contributed by atoms with van der Waals surface area (Å²) in [5, 5.41) is 13.8. The summed E-state index contributed by atoms with van der Waals surface area (Å²) in [5.74, 6) is -0.881. The lowest BCUT2D eigenvalue weighted by atomic mass is 10.1. The molecule has 0 unspecified atom stereocenters. The van der Waals surface area contributed by atoms with Gasteiger partial charge in [-0.05, 0) is 31.0 Å². The topological polar surface area (TPSA) is 139 Å². The van der Waals surface area contributed by atoms with Gasteiger partial charge in [-0.3, -0.25) is 24.0 Å². The lowest BCUT2D eigenvalue weighted by Gasteiger charge is -2.24. The van der Waals surface area contributed by atoms with E-state index in [1.165, 1.54) is 19.2 Å². The smallest absolute Gasteiger partial charge is 0.271 e. The van der Waals surface area contributed by atoms with Crippen molar-refractivity contribution in [3.05, 3.63) is 58.1 Å². The molecule has 0 aliphatic carbocycles. The van der Waals surface area contributed by atoms with Gasteiger partial charge in [0.1, 0.15) is 18.0 Å². The number of hydrogen-bond donors (Lipinski definition) is 1. The van der Waals surface area contributed by atoms with Crippen LogP contribution in [-0.4, -0.2) is 63.1 Å². The first-order valence-electron chi connectivity index (χ1n) is 11.1. The Morgan fingerprint density at radius 1 is 1.11 bits per heavy atom. The summed E-state index contributed by atoms with van der Waals surface area (Å²) in [6, 6.07) is 10.0. The first-order chi connectivity index (χ1) is 16.6. The molecule has 1 aliphatic heterocycles. The number of rotatable bonds is 8. The van der Waals surface area contributed by atoms with Crippen LogP contribution in [0.5, 0.6) is 5.75 Å². The van der Waals surface area contributed by atoms with Gasteiger partial charge in [-0.25, -0.2) is 8.42 Å². The van der Waals surface area contributed by atoms with E-state index in [1.54, 1.807) is 29.2 Å². The van der Waals surface area contributed by atoms with Gasteiger partial charge < -0.3 is 15.0 Å². The second kappa shape index (κ2) is 11.2. The van der Waals surface area contributed by atoms with Crippen LogP contribution in [0.25, 0.3) is 0 Å². The fraction of sp³-hybridized carbons (Fsp3) is 0.391. The predicted octanol–water partition coefficient (Wildman–Crippen LogP) is 3.02. The molecule has 0 atom stereocenters. The van der Waals surface area contributed by atoms with Crippen molar-refractivity contribution < 1.29 is 27.7 Å². The number of sulfonamides is 1. The molecule has 11 nitrogen and oxygen atoms in total. The molecule has 0 bridgehead atoms. The Hall–Kier alpha value is -3.67. The monoisotopic (exact) mass is 504 g/mol. The third-order valence-electron chi connectivity index (χ3n) is 5.65. The van der Waals surface area contributed by atoms with Gasteiger partial charge in [0.05, 0.1) is 29.5 Å². The van der Waals surface area contributed by atoms with E-state index in [2.05, 4.69) is 5.32 Å². The quantitative estimate of drug-likeness (QED) is 0.430. The molecule has 35 heavy (non-hydrogen) atoms. The number of anilines is 2. The number of para-hydroxylation sites is 1. The molecule has 1 aliphatic rings. The number of nitrogens with one attached hydrogen (secondary N) is 1. The summed E-state index contributed by atoms with van der Waals surface area (Å²) >= 11 is 0. The number of hydrogen-bond acceptors (Lipinski definition) is 7. The fourth-order valence-electron chi connectivity index (χ4n) is 3.91. The Kier molecular flexibility index (Phi) is 8.28. The van der Waals surface area contributed by atoms with E-state index in [4.69, 9.17) is 4.74 Å². The normalized spacial score (nSPS) is 14.1. The number of methoxy groups -OCH3 is 1. The summed E-state index contributed by atoms with van der Waals surface area (Å²) in [5.41, 5.74) is 0.0596. The number of ether oxygens (including phenoxy) is 1. The first kappa shape index (κ1) is 25.9. The highest BCUT2D eigenvalue weighted by Crippen LogP contribution is 2.33. The lowest BCUT2D eigenvalue weighted by molar-refractivity contribution is -0.384. The molecule has 2 amide bonds. The minimum atomic E-state index is -4.03. The highest BCUT2D eigenvalue weighted by Gasteiger charge is 2.27.